The summed E-state index contributed by atoms with van der Waals surface area (Å²) in [7, 11) is 0. The molecular formula is C28H32N2O2S. The fourth-order valence-corrected chi connectivity index (χ4v) is 5.55. The molecule has 0 unspecified atom stereocenters. The molecule has 0 spiro atoms. The third-order valence-corrected chi connectivity index (χ3v) is 7.16. The van der Waals surface area contributed by atoms with Gasteiger partial charge in [0.2, 0.25) is 5.91 Å². The van der Waals surface area contributed by atoms with Gasteiger partial charge in [-0.1, -0.05) is 68.4 Å². The standard InChI is InChI=1S/C28H32N2O2S/c1-19(2)18-30-26(24-14-9-17-33-24)25(22-12-7-8-13-23(22)28(30)32)27(31)29-20(3)15-16-21-10-5-4-6-11-21/h4-14,17,19-20,25-26H,15-16,18H2,1-3H3,(H,29,31)/t20-,25-,26+/m0/s1. The molecule has 1 N–H and O–H groups in total. The van der Waals surface area contributed by atoms with Gasteiger partial charge in [0.05, 0.1) is 12.0 Å². The molecule has 1 aliphatic rings. The van der Waals surface area contributed by atoms with Gasteiger partial charge >= 0.3 is 0 Å². The van der Waals surface area contributed by atoms with Crippen molar-refractivity contribution in [2.24, 2.45) is 5.92 Å². The molecule has 0 radical (unpaired) electrons. The number of hydrogen-bond acceptors (Lipinski definition) is 3. The highest BCUT2D eigenvalue weighted by atomic mass is 32.1. The first-order chi connectivity index (χ1) is 16.0. The van der Waals surface area contributed by atoms with E-state index < -0.39 is 5.92 Å². The molecule has 0 saturated heterocycles. The van der Waals surface area contributed by atoms with Crippen LogP contribution in [0.1, 0.15) is 65.5 Å². The molecule has 0 aliphatic carbocycles. The molecule has 1 aromatic heterocycles. The zero-order chi connectivity index (χ0) is 23.4. The zero-order valence-electron chi connectivity index (χ0n) is 19.5. The van der Waals surface area contributed by atoms with Crippen LogP contribution in [0.4, 0.5) is 0 Å². The topological polar surface area (TPSA) is 49.4 Å². The lowest BCUT2D eigenvalue weighted by atomic mass is 9.81. The van der Waals surface area contributed by atoms with Crippen LogP contribution in [0.3, 0.4) is 0 Å². The maximum Gasteiger partial charge on any atom is 0.254 e. The van der Waals surface area contributed by atoms with Crippen molar-refractivity contribution in [1.29, 1.82) is 0 Å². The van der Waals surface area contributed by atoms with Crippen LogP contribution in [-0.4, -0.2) is 29.3 Å². The Morgan fingerprint density at radius 2 is 1.73 bits per heavy atom. The van der Waals surface area contributed by atoms with Gasteiger partial charge in [-0.25, -0.2) is 0 Å². The van der Waals surface area contributed by atoms with Crippen LogP contribution in [0.2, 0.25) is 0 Å². The van der Waals surface area contributed by atoms with E-state index in [1.807, 2.05) is 64.9 Å². The van der Waals surface area contributed by atoms with Crippen LogP contribution >= 0.6 is 11.3 Å². The van der Waals surface area contributed by atoms with Crippen LogP contribution in [0.15, 0.2) is 72.1 Å². The average Bonchev–Trinajstić information content (AvgIpc) is 3.34. The Morgan fingerprint density at radius 1 is 1.00 bits per heavy atom. The summed E-state index contributed by atoms with van der Waals surface area (Å²) in [6.07, 6.45) is 1.78. The van der Waals surface area contributed by atoms with Gasteiger partial charge in [-0.2, -0.15) is 0 Å². The first kappa shape index (κ1) is 23.2. The third kappa shape index (κ3) is 5.19. The minimum atomic E-state index is -0.435. The number of nitrogens with one attached hydrogen (secondary N) is 1. The number of hydrogen-bond donors (Lipinski definition) is 1. The number of carbonyl (C=O) groups excluding carboxylic acids is 2. The van der Waals surface area contributed by atoms with Gasteiger partial charge in [0.15, 0.2) is 0 Å². The van der Waals surface area contributed by atoms with Crippen molar-refractivity contribution in [2.75, 3.05) is 6.54 Å². The summed E-state index contributed by atoms with van der Waals surface area (Å²) in [6.45, 7) is 6.90. The van der Waals surface area contributed by atoms with E-state index in [-0.39, 0.29) is 23.9 Å². The maximum atomic E-state index is 13.8. The molecule has 33 heavy (non-hydrogen) atoms. The Bertz CT molecular complexity index is 1080. The molecule has 3 aromatic rings. The van der Waals surface area contributed by atoms with E-state index in [1.165, 1.54) is 5.56 Å². The summed E-state index contributed by atoms with van der Waals surface area (Å²) in [5, 5.41) is 5.29. The Morgan fingerprint density at radius 3 is 2.42 bits per heavy atom. The molecule has 172 valence electrons. The van der Waals surface area contributed by atoms with Gasteiger partial charge in [-0.3, -0.25) is 9.59 Å². The summed E-state index contributed by atoms with van der Waals surface area (Å²) < 4.78 is 0. The van der Waals surface area contributed by atoms with Crippen LogP contribution in [0.5, 0.6) is 0 Å². The zero-order valence-corrected chi connectivity index (χ0v) is 20.3. The Balaban J connectivity index is 1.63. The third-order valence-electron chi connectivity index (χ3n) is 6.22. The highest BCUT2D eigenvalue weighted by molar-refractivity contribution is 7.10. The Hall–Kier alpha value is -2.92. The van der Waals surface area contributed by atoms with Crippen molar-refractivity contribution in [2.45, 2.75) is 51.6 Å². The number of fused-ring (bicyclic) bond motifs is 1. The smallest absolute Gasteiger partial charge is 0.254 e. The number of carbonyl (C=O) groups is 2. The van der Waals surface area contributed by atoms with Crippen molar-refractivity contribution in [3.63, 3.8) is 0 Å². The quantitative estimate of drug-likeness (QED) is 0.460. The first-order valence-corrected chi connectivity index (χ1v) is 12.6. The van der Waals surface area contributed by atoms with E-state index in [1.54, 1.807) is 11.3 Å². The number of nitrogens with zero attached hydrogens (tertiary/aromatic N) is 1. The molecule has 2 heterocycles. The molecular weight excluding hydrogens is 428 g/mol. The summed E-state index contributed by atoms with van der Waals surface area (Å²) >= 11 is 1.61. The number of thiophene rings is 1. The molecule has 5 heteroatoms. The highest BCUT2D eigenvalue weighted by Crippen LogP contribution is 2.44. The van der Waals surface area contributed by atoms with Crippen molar-refractivity contribution in [3.8, 4) is 0 Å². The van der Waals surface area contributed by atoms with Crippen molar-refractivity contribution < 1.29 is 9.59 Å². The second kappa shape index (κ2) is 10.3. The molecule has 3 atom stereocenters. The Kier molecular flexibility index (Phi) is 7.29. The predicted molar refractivity (Wildman–Crippen MR) is 134 cm³/mol. The van der Waals surface area contributed by atoms with E-state index in [4.69, 9.17) is 0 Å². The minimum absolute atomic E-state index is 0.0114. The molecule has 0 saturated carbocycles. The van der Waals surface area contributed by atoms with E-state index in [2.05, 4.69) is 38.2 Å². The molecule has 4 nitrogen and oxygen atoms in total. The van der Waals surface area contributed by atoms with E-state index >= 15 is 0 Å². The van der Waals surface area contributed by atoms with Gasteiger partial charge in [-0.15, -0.1) is 11.3 Å². The van der Waals surface area contributed by atoms with Crippen molar-refractivity contribution in [1.82, 2.24) is 10.2 Å². The monoisotopic (exact) mass is 460 g/mol. The predicted octanol–water partition coefficient (Wildman–Crippen LogP) is 5.82. The largest absolute Gasteiger partial charge is 0.353 e. The van der Waals surface area contributed by atoms with Crippen LogP contribution in [0, 0.1) is 5.92 Å². The lowest BCUT2D eigenvalue weighted by Crippen LogP contribution is -2.49. The molecule has 4 rings (SSSR count). The van der Waals surface area contributed by atoms with Crippen molar-refractivity contribution >= 4 is 23.2 Å². The van der Waals surface area contributed by atoms with Crippen LogP contribution in [0.25, 0.3) is 0 Å². The minimum Gasteiger partial charge on any atom is -0.353 e. The first-order valence-electron chi connectivity index (χ1n) is 11.7. The highest BCUT2D eigenvalue weighted by Gasteiger charge is 2.44. The SMILES string of the molecule is CC(C)CN1C(=O)c2ccccc2[C@H](C(=O)N[C@@H](C)CCc2ccccc2)[C@H]1c1cccs1. The molecule has 0 fully saturated rings. The number of benzene rings is 2. The Labute approximate surface area is 200 Å². The van der Waals surface area contributed by atoms with Crippen molar-refractivity contribution in [3.05, 3.63) is 93.7 Å². The fourth-order valence-electron chi connectivity index (χ4n) is 4.68. The number of aryl methyl sites for hydroxylation is 1. The maximum absolute atomic E-state index is 13.8. The van der Waals surface area contributed by atoms with E-state index in [9.17, 15) is 9.59 Å². The summed E-state index contributed by atoms with van der Waals surface area (Å²) in [5.74, 6) is -0.132. The summed E-state index contributed by atoms with van der Waals surface area (Å²) in [6, 6.07) is 21.7. The number of amides is 2. The second-order valence-corrected chi connectivity index (χ2v) is 10.3. The average molecular weight is 461 g/mol. The van der Waals surface area contributed by atoms with Crippen LogP contribution in [-0.2, 0) is 11.2 Å². The van der Waals surface area contributed by atoms with E-state index in [0.717, 1.165) is 23.3 Å². The lowest BCUT2D eigenvalue weighted by molar-refractivity contribution is -0.124. The molecule has 1 aliphatic heterocycles. The molecule has 0 bridgehead atoms. The fraction of sp³-hybridized carbons (Fsp3) is 0.357. The summed E-state index contributed by atoms with van der Waals surface area (Å²) in [5.41, 5.74) is 2.74. The van der Waals surface area contributed by atoms with Gasteiger partial charge < -0.3 is 10.2 Å². The second-order valence-electron chi connectivity index (χ2n) is 9.31. The van der Waals surface area contributed by atoms with Gasteiger partial charge in [-0.05, 0) is 54.3 Å². The van der Waals surface area contributed by atoms with Gasteiger partial charge in [0.1, 0.15) is 0 Å². The van der Waals surface area contributed by atoms with E-state index in [0.29, 0.717) is 18.0 Å². The van der Waals surface area contributed by atoms with Gasteiger partial charge in [0, 0.05) is 23.0 Å². The number of rotatable bonds is 8. The lowest BCUT2D eigenvalue weighted by Gasteiger charge is -2.42. The van der Waals surface area contributed by atoms with Gasteiger partial charge in [0.25, 0.3) is 5.91 Å². The van der Waals surface area contributed by atoms with Crippen LogP contribution < -0.4 is 5.32 Å². The molecule has 2 amide bonds. The normalized spacial score (nSPS) is 18.8. The molecule has 2 aromatic carbocycles. The summed E-state index contributed by atoms with van der Waals surface area (Å²) in [4.78, 5) is 30.3.